The van der Waals surface area contributed by atoms with Gasteiger partial charge in [-0.2, -0.15) is 0 Å². The maximum atomic E-state index is 5.44. The fourth-order valence-electron chi connectivity index (χ4n) is 2.94. The van der Waals surface area contributed by atoms with Crippen molar-refractivity contribution < 1.29 is 9.47 Å². The SMILES string of the molecule is COc1ccc(C(C)N(C)Cc2ccc3cccc(OC)c3n2)cc1. The molecular weight excluding hydrogens is 312 g/mol. The predicted octanol–water partition coefficient (Wildman–Crippen LogP) is 4.45. The minimum absolute atomic E-state index is 0.279. The van der Waals surface area contributed by atoms with Crippen LogP contribution >= 0.6 is 0 Å². The molecule has 0 N–H and O–H groups in total. The fraction of sp³-hybridized carbons (Fsp3) is 0.286. The summed E-state index contributed by atoms with van der Waals surface area (Å²) in [5, 5.41) is 1.09. The molecule has 0 radical (unpaired) electrons. The molecule has 3 aromatic rings. The van der Waals surface area contributed by atoms with Gasteiger partial charge in [-0.3, -0.25) is 4.90 Å². The molecular formula is C21H24N2O2. The van der Waals surface area contributed by atoms with Gasteiger partial charge in [0.15, 0.2) is 0 Å². The van der Waals surface area contributed by atoms with Crippen LogP contribution in [0.1, 0.15) is 24.2 Å². The number of rotatable bonds is 6. The van der Waals surface area contributed by atoms with Crippen molar-refractivity contribution in [2.24, 2.45) is 0 Å². The predicted molar refractivity (Wildman–Crippen MR) is 101 cm³/mol. The maximum Gasteiger partial charge on any atom is 0.145 e. The van der Waals surface area contributed by atoms with E-state index in [0.29, 0.717) is 0 Å². The molecule has 0 amide bonds. The maximum absolute atomic E-state index is 5.44. The monoisotopic (exact) mass is 336 g/mol. The Bertz CT molecular complexity index is 846. The number of fused-ring (bicyclic) bond motifs is 1. The number of para-hydroxylation sites is 1. The van der Waals surface area contributed by atoms with E-state index >= 15 is 0 Å². The second-order valence-corrected chi connectivity index (χ2v) is 6.20. The number of nitrogens with zero attached hydrogens (tertiary/aromatic N) is 2. The van der Waals surface area contributed by atoms with E-state index in [1.54, 1.807) is 14.2 Å². The first-order valence-corrected chi connectivity index (χ1v) is 8.39. The third-order valence-corrected chi connectivity index (χ3v) is 4.63. The zero-order valence-corrected chi connectivity index (χ0v) is 15.2. The molecule has 0 spiro atoms. The van der Waals surface area contributed by atoms with Crippen molar-refractivity contribution >= 4 is 10.9 Å². The van der Waals surface area contributed by atoms with Crippen molar-refractivity contribution in [3.8, 4) is 11.5 Å². The van der Waals surface area contributed by atoms with Gasteiger partial charge in [0.2, 0.25) is 0 Å². The van der Waals surface area contributed by atoms with Crippen LogP contribution in [-0.4, -0.2) is 31.2 Å². The molecule has 1 unspecified atom stereocenters. The molecule has 0 bridgehead atoms. The van der Waals surface area contributed by atoms with Gasteiger partial charge in [-0.05, 0) is 43.8 Å². The fourth-order valence-corrected chi connectivity index (χ4v) is 2.94. The van der Waals surface area contributed by atoms with Crippen LogP contribution in [0.5, 0.6) is 11.5 Å². The molecule has 0 saturated carbocycles. The molecule has 4 nitrogen and oxygen atoms in total. The van der Waals surface area contributed by atoms with E-state index < -0.39 is 0 Å². The van der Waals surface area contributed by atoms with Crippen LogP contribution in [0.15, 0.2) is 54.6 Å². The molecule has 130 valence electrons. The topological polar surface area (TPSA) is 34.6 Å². The van der Waals surface area contributed by atoms with E-state index in [9.17, 15) is 0 Å². The van der Waals surface area contributed by atoms with Crippen molar-refractivity contribution in [2.75, 3.05) is 21.3 Å². The summed E-state index contributed by atoms with van der Waals surface area (Å²) in [6, 6.07) is 18.7. The summed E-state index contributed by atoms with van der Waals surface area (Å²) < 4.78 is 10.7. The highest BCUT2D eigenvalue weighted by atomic mass is 16.5. The number of pyridine rings is 1. The van der Waals surface area contributed by atoms with Crippen LogP contribution in [0.25, 0.3) is 10.9 Å². The molecule has 4 heteroatoms. The lowest BCUT2D eigenvalue weighted by Crippen LogP contribution is -2.22. The number of hydrogen-bond donors (Lipinski definition) is 0. The lowest BCUT2D eigenvalue weighted by Gasteiger charge is -2.25. The summed E-state index contributed by atoms with van der Waals surface area (Å²) >= 11 is 0. The number of ether oxygens (including phenoxy) is 2. The van der Waals surface area contributed by atoms with Crippen molar-refractivity contribution in [1.82, 2.24) is 9.88 Å². The molecule has 25 heavy (non-hydrogen) atoms. The number of aromatic nitrogens is 1. The summed E-state index contributed by atoms with van der Waals surface area (Å²) in [6.07, 6.45) is 0. The highest BCUT2D eigenvalue weighted by molar-refractivity contribution is 5.84. The van der Waals surface area contributed by atoms with Crippen molar-refractivity contribution in [2.45, 2.75) is 19.5 Å². The number of hydrogen-bond acceptors (Lipinski definition) is 4. The quantitative estimate of drug-likeness (QED) is 0.666. The lowest BCUT2D eigenvalue weighted by atomic mass is 10.1. The summed E-state index contributed by atoms with van der Waals surface area (Å²) in [5.41, 5.74) is 3.19. The Labute approximate surface area is 149 Å². The first kappa shape index (κ1) is 17.2. The van der Waals surface area contributed by atoms with Gasteiger partial charge in [-0.25, -0.2) is 4.98 Å². The van der Waals surface area contributed by atoms with Gasteiger partial charge < -0.3 is 9.47 Å². The van der Waals surface area contributed by atoms with Gasteiger partial charge in [0.25, 0.3) is 0 Å². The first-order valence-electron chi connectivity index (χ1n) is 8.39. The third-order valence-electron chi connectivity index (χ3n) is 4.63. The summed E-state index contributed by atoms with van der Waals surface area (Å²) in [5.74, 6) is 1.69. The van der Waals surface area contributed by atoms with Crippen LogP contribution in [0.3, 0.4) is 0 Å². The van der Waals surface area contributed by atoms with E-state index in [-0.39, 0.29) is 6.04 Å². The number of methoxy groups -OCH3 is 2. The molecule has 0 saturated heterocycles. The van der Waals surface area contributed by atoms with Crippen LogP contribution in [0.4, 0.5) is 0 Å². The van der Waals surface area contributed by atoms with Crippen LogP contribution in [0.2, 0.25) is 0 Å². The first-order chi connectivity index (χ1) is 12.1. The summed E-state index contributed by atoms with van der Waals surface area (Å²) in [6.45, 7) is 2.96. The average molecular weight is 336 g/mol. The molecule has 2 aromatic carbocycles. The molecule has 0 aliphatic rings. The summed E-state index contributed by atoms with van der Waals surface area (Å²) in [7, 11) is 5.48. The van der Waals surface area contributed by atoms with Crippen molar-refractivity contribution in [3.05, 3.63) is 65.9 Å². The normalized spacial score (nSPS) is 12.4. The van der Waals surface area contributed by atoms with E-state index in [4.69, 9.17) is 14.5 Å². The Morgan fingerprint density at radius 2 is 1.72 bits per heavy atom. The Balaban J connectivity index is 1.79. The second-order valence-electron chi connectivity index (χ2n) is 6.20. The smallest absolute Gasteiger partial charge is 0.145 e. The standard InChI is InChI=1S/C21H24N2O2/c1-15(16-9-12-19(24-3)13-10-16)23(2)14-18-11-8-17-6-5-7-20(25-4)21(17)22-18/h5-13,15H,14H2,1-4H3. The van der Waals surface area contributed by atoms with Gasteiger partial charge in [0, 0.05) is 18.0 Å². The zero-order valence-electron chi connectivity index (χ0n) is 15.2. The largest absolute Gasteiger partial charge is 0.497 e. The van der Waals surface area contributed by atoms with Crippen LogP contribution in [-0.2, 0) is 6.54 Å². The Morgan fingerprint density at radius 3 is 2.40 bits per heavy atom. The van der Waals surface area contributed by atoms with Gasteiger partial charge in [0.1, 0.15) is 17.0 Å². The third kappa shape index (κ3) is 3.74. The lowest BCUT2D eigenvalue weighted by molar-refractivity contribution is 0.250. The average Bonchev–Trinajstić information content (AvgIpc) is 2.66. The molecule has 1 heterocycles. The zero-order chi connectivity index (χ0) is 17.8. The van der Waals surface area contributed by atoms with E-state index in [0.717, 1.165) is 34.6 Å². The minimum atomic E-state index is 0.279. The minimum Gasteiger partial charge on any atom is -0.497 e. The van der Waals surface area contributed by atoms with Gasteiger partial charge in [-0.1, -0.05) is 30.3 Å². The van der Waals surface area contributed by atoms with Gasteiger partial charge in [-0.15, -0.1) is 0 Å². The molecule has 1 aromatic heterocycles. The molecule has 0 aliphatic carbocycles. The molecule has 0 aliphatic heterocycles. The van der Waals surface area contributed by atoms with Crippen LogP contribution in [0, 0.1) is 0 Å². The second kappa shape index (κ2) is 7.53. The number of benzene rings is 2. The van der Waals surface area contributed by atoms with Gasteiger partial charge >= 0.3 is 0 Å². The molecule has 0 fully saturated rings. The van der Waals surface area contributed by atoms with Crippen LogP contribution < -0.4 is 9.47 Å². The highest BCUT2D eigenvalue weighted by Crippen LogP contribution is 2.26. The van der Waals surface area contributed by atoms with Gasteiger partial charge in [0.05, 0.1) is 19.9 Å². The summed E-state index contributed by atoms with van der Waals surface area (Å²) in [4.78, 5) is 7.09. The Kier molecular flexibility index (Phi) is 5.19. The van der Waals surface area contributed by atoms with Crippen molar-refractivity contribution in [3.63, 3.8) is 0 Å². The van der Waals surface area contributed by atoms with E-state index in [1.807, 2.05) is 24.3 Å². The Hall–Kier alpha value is -2.59. The molecule has 1 atom stereocenters. The molecule has 3 rings (SSSR count). The highest BCUT2D eigenvalue weighted by Gasteiger charge is 2.13. The Morgan fingerprint density at radius 1 is 0.960 bits per heavy atom. The van der Waals surface area contributed by atoms with E-state index in [1.165, 1.54) is 5.56 Å². The van der Waals surface area contributed by atoms with E-state index in [2.05, 4.69) is 49.2 Å². The van der Waals surface area contributed by atoms with Crippen molar-refractivity contribution in [1.29, 1.82) is 0 Å².